The van der Waals surface area contributed by atoms with Gasteiger partial charge < -0.3 is 4.74 Å². The van der Waals surface area contributed by atoms with Gasteiger partial charge in [0.15, 0.2) is 0 Å². The van der Waals surface area contributed by atoms with Crippen molar-refractivity contribution in [2.45, 2.75) is 44.4 Å². The van der Waals surface area contributed by atoms with Crippen molar-refractivity contribution in [3.8, 4) is 0 Å². The summed E-state index contributed by atoms with van der Waals surface area (Å²) in [7, 11) is -3.88. The quantitative estimate of drug-likeness (QED) is 0.748. The summed E-state index contributed by atoms with van der Waals surface area (Å²) >= 11 is 0. The fourth-order valence-electron chi connectivity index (χ4n) is 2.79. The Kier molecular flexibility index (Phi) is 6.55. The Morgan fingerprint density at radius 2 is 1.70 bits per heavy atom. The first-order valence-corrected chi connectivity index (χ1v) is 10.2. The lowest BCUT2D eigenvalue weighted by Gasteiger charge is -2.34. The summed E-state index contributed by atoms with van der Waals surface area (Å²) < 4.78 is 70.7. The Labute approximate surface area is 158 Å². The van der Waals surface area contributed by atoms with Gasteiger partial charge in [0, 0.05) is 32.7 Å². The van der Waals surface area contributed by atoms with Crippen LogP contribution in [-0.4, -0.2) is 67.5 Å². The summed E-state index contributed by atoms with van der Waals surface area (Å²) in [6, 6.07) is 1.70. The van der Waals surface area contributed by atoms with Gasteiger partial charge in [-0.05, 0) is 39.8 Å². The Balaban J connectivity index is 2.01. The molecule has 2 rings (SSSR count). The van der Waals surface area contributed by atoms with Crippen LogP contribution in [0, 0.1) is 6.92 Å². The van der Waals surface area contributed by atoms with Crippen LogP contribution in [0.3, 0.4) is 0 Å². The Morgan fingerprint density at radius 1 is 1.11 bits per heavy atom. The second kappa shape index (κ2) is 8.02. The van der Waals surface area contributed by atoms with Crippen LogP contribution >= 0.6 is 0 Å². The molecule has 1 aliphatic rings. The van der Waals surface area contributed by atoms with E-state index < -0.39 is 21.9 Å². The number of rotatable bonds is 5. The molecular weight excluding hydrogens is 383 g/mol. The average molecular weight is 409 g/mol. The molecule has 27 heavy (non-hydrogen) atoms. The largest absolute Gasteiger partial charge is 0.433 e. The number of aryl methyl sites for hydroxylation is 1. The third-order valence-electron chi connectivity index (χ3n) is 4.22. The van der Waals surface area contributed by atoms with E-state index in [1.165, 1.54) is 11.2 Å². The van der Waals surface area contributed by atoms with Gasteiger partial charge in [0.2, 0.25) is 10.0 Å². The Morgan fingerprint density at radius 3 is 2.19 bits per heavy atom. The lowest BCUT2D eigenvalue weighted by molar-refractivity contribution is -0.141. The van der Waals surface area contributed by atoms with E-state index in [1.54, 1.807) is 0 Å². The molecule has 0 aliphatic carbocycles. The highest BCUT2D eigenvalue weighted by atomic mass is 32.2. The highest BCUT2D eigenvalue weighted by molar-refractivity contribution is 7.89. The summed E-state index contributed by atoms with van der Waals surface area (Å²) in [5.41, 5.74) is -1.47. The molecule has 0 spiro atoms. The minimum absolute atomic E-state index is 0.147. The van der Waals surface area contributed by atoms with Crippen LogP contribution in [0.4, 0.5) is 13.2 Å². The van der Waals surface area contributed by atoms with E-state index in [2.05, 4.69) is 9.88 Å². The smallest absolute Gasteiger partial charge is 0.375 e. The van der Waals surface area contributed by atoms with Gasteiger partial charge in [-0.15, -0.1) is 0 Å². The van der Waals surface area contributed by atoms with E-state index in [1.807, 2.05) is 20.8 Å². The Bertz CT molecular complexity index is 753. The molecule has 0 radical (unpaired) electrons. The van der Waals surface area contributed by atoms with Gasteiger partial charge in [0.05, 0.1) is 17.9 Å². The molecule has 2 heterocycles. The molecule has 0 amide bonds. The Hall–Kier alpha value is -1.23. The van der Waals surface area contributed by atoms with Crippen LogP contribution in [0.15, 0.2) is 17.0 Å². The molecule has 1 aromatic heterocycles. The number of sulfonamides is 1. The molecular formula is C17H26F3N3O3S. The maximum absolute atomic E-state index is 12.8. The fourth-order valence-corrected chi connectivity index (χ4v) is 4.37. The van der Waals surface area contributed by atoms with Gasteiger partial charge in [-0.3, -0.25) is 4.90 Å². The zero-order valence-electron chi connectivity index (χ0n) is 16.0. The van der Waals surface area contributed by atoms with Gasteiger partial charge in [0.1, 0.15) is 10.6 Å². The number of alkyl halides is 3. The van der Waals surface area contributed by atoms with E-state index in [0.717, 1.165) is 6.07 Å². The molecule has 0 unspecified atom stereocenters. The SMILES string of the molecule is Cc1nc(C(F)(F)F)ccc1S(=O)(=O)N1CCN(CCOC(C)(C)C)CC1. The lowest BCUT2D eigenvalue weighted by atomic mass is 10.2. The number of ether oxygens (including phenoxy) is 1. The second-order valence-electron chi connectivity index (χ2n) is 7.48. The van der Waals surface area contributed by atoms with Crippen LogP contribution in [0.5, 0.6) is 0 Å². The molecule has 1 saturated heterocycles. The molecule has 1 aliphatic heterocycles. The van der Waals surface area contributed by atoms with Crippen LogP contribution in [-0.2, 0) is 20.9 Å². The second-order valence-corrected chi connectivity index (χ2v) is 9.39. The standard InChI is InChI=1S/C17H26F3N3O3S/c1-13-14(5-6-15(21-13)17(18,19)20)27(24,25)23-9-7-22(8-10-23)11-12-26-16(2,3)4/h5-6H,7-12H2,1-4H3. The number of nitrogens with zero attached hydrogens (tertiary/aromatic N) is 3. The van der Waals surface area contributed by atoms with Gasteiger partial charge in [0.25, 0.3) is 0 Å². The zero-order valence-corrected chi connectivity index (χ0v) is 16.8. The number of hydrogen-bond acceptors (Lipinski definition) is 5. The molecule has 10 heteroatoms. The summed E-state index contributed by atoms with van der Waals surface area (Å²) in [6.07, 6.45) is -4.60. The van der Waals surface area contributed by atoms with Crippen molar-refractivity contribution in [2.24, 2.45) is 0 Å². The number of hydrogen-bond donors (Lipinski definition) is 0. The van der Waals surface area contributed by atoms with Crippen LogP contribution < -0.4 is 0 Å². The predicted octanol–water partition coefficient (Wildman–Crippen LogP) is 2.53. The molecule has 0 aromatic carbocycles. The maximum atomic E-state index is 12.8. The summed E-state index contributed by atoms with van der Waals surface area (Å²) in [5, 5.41) is 0. The van der Waals surface area contributed by atoms with E-state index >= 15 is 0 Å². The lowest BCUT2D eigenvalue weighted by Crippen LogP contribution is -2.49. The normalized spacial score (nSPS) is 18.0. The van der Waals surface area contributed by atoms with Crippen LogP contribution in [0.2, 0.25) is 0 Å². The number of piperazine rings is 1. The predicted molar refractivity (Wildman–Crippen MR) is 94.9 cm³/mol. The molecule has 0 atom stereocenters. The van der Waals surface area contributed by atoms with Crippen molar-refractivity contribution in [3.05, 3.63) is 23.5 Å². The van der Waals surface area contributed by atoms with E-state index in [4.69, 9.17) is 4.74 Å². The molecule has 6 nitrogen and oxygen atoms in total. The molecule has 154 valence electrons. The van der Waals surface area contributed by atoms with Crippen molar-refractivity contribution in [2.75, 3.05) is 39.3 Å². The van der Waals surface area contributed by atoms with Crippen molar-refractivity contribution >= 4 is 10.0 Å². The third kappa shape index (κ3) is 5.87. The zero-order chi connectivity index (χ0) is 20.5. The summed E-state index contributed by atoms with van der Waals surface area (Å²) in [5.74, 6) is 0. The molecule has 1 fully saturated rings. The van der Waals surface area contributed by atoms with Crippen molar-refractivity contribution in [3.63, 3.8) is 0 Å². The van der Waals surface area contributed by atoms with Gasteiger partial charge in [-0.25, -0.2) is 13.4 Å². The van der Waals surface area contributed by atoms with E-state index in [9.17, 15) is 21.6 Å². The maximum Gasteiger partial charge on any atom is 0.433 e. The van der Waals surface area contributed by atoms with Gasteiger partial charge in [-0.1, -0.05) is 0 Å². The van der Waals surface area contributed by atoms with Crippen molar-refractivity contribution < 1.29 is 26.3 Å². The third-order valence-corrected chi connectivity index (χ3v) is 6.25. The summed E-state index contributed by atoms with van der Waals surface area (Å²) in [4.78, 5) is 5.35. The molecule has 0 saturated carbocycles. The van der Waals surface area contributed by atoms with E-state index in [0.29, 0.717) is 32.3 Å². The molecule has 0 N–H and O–H groups in total. The van der Waals surface area contributed by atoms with Gasteiger partial charge >= 0.3 is 6.18 Å². The van der Waals surface area contributed by atoms with Crippen LogP contribution in [0.25, 0.3) is 0 Å². The molecule has 1 aromatic rings. The first-order chi connectivity index (χ1) is 12.3. The highest BCUT2D eigenvalue weighted by Crippen LogP contribution is 2.29. The average Bonchev–Trinajstić information content (AvgIpc) is 2.53. The van der Waals surface area contributed by atoms with Crippen molar-refractivity contribution in [1.82, 2.24) is 14.2 Å². The van der Waals surface area contributed by atoms with E-state index in [-0.39, 0.29) is 29.3 Å². The molecule has 0 bridgehead atoms. The fraction of sp³-hybridized carbons (Fsp3) is 0.706. The highest BCUT2D eigenvalue weighted by Gasteiger charge is 2.35. The number of halogens is 3. The minimum Gasteiger partial charge on any atom is -0.375 e. The first kappa shape index (κ1) is 22.1. The summed E-state index contributed by atoms with van der Waals surface area (Å²) in [6.45, 7) is 10.1. The number of aromatic nitrogens is 1. The monoisotopic (exact) mass is 409 g/mol. The topological polar surface area (TPSA) is 62.7 Å². The minimum atomic E-state index is -4.60. The van der Waals surface area contributed by atoms with Crippen molar-refractivity contribution in [1.29, 1.82) is 0 Å². The van der Waals surface area contributed by atoms with Gasteiger partial charge in [-0.2, -0.15) is 17.5 Å². The first-order valence-electron chi connectivity index (χ1n) is 8.72. The van der Waals surface area contributed by atoms with Crippen LogP contribution in [0.1, 0.15) is 32.2 Å². The number of pyridine rings is 1.